The third-order valence-corrected chi connectivity index (χ3v) is 7.83. The molecule has 0 spiro atoms. The highest BCUT2D eigenvalue weighted by molar-refractivity contribution is 6.76. The number of aromatic nitrogens is 4. The van der Waals surface area contributed by atoms with Crippen molar-refractivity contribution in [3.05, 3.63) is 59.9 Å². The van der Waals surface area contributed by atoms with Crippen molar-refractivity contribution < 1.29 is 9.15 Å². The highest BCUT2D eigenvalue weighted by Gasteiger charge is 2.25. The van der Waals surface area contributed by atoms with Gasteiger partial charge in [-0.1, -0.05) is 19.6 Å². The first-order valence-electron chi connectivity index (χ1n) is 11.5. The van der Waals surface area contributed by atoms with E-state index in [9.17, 15) is 0 Å². The van der Waals surface area contributed by atoms with Crippen molar-refractivity contribution in [2.24, 2.45) is 0 Å². The second-order valence-corrected chi connectivity index (χ2v) is 15.5. The lowest BCUT2D eigenvalue weighted by atomic mass is 10.1. The van der Waals surface area contributed by atoms with E-state index in [1.165, 1.54) is 6.39 Å². The lowest BCUT2D eigenvalue weighted by molar-refractivity contribution is 0.0818. The van der Waals surface area contributed by atoms with Crippen LogP contribution in [-0.2, 0) is 17.9 Å². The monoisotopic (exact) mass is 472 g/mol. The van der Waals surface area contributed by atoms with E-state index >= 15 is 0 Å². The van der Waals surface area contributed by atoms with Gasteiger partial charge in [-0.3, -0.25) is 4.98 Å². The number of nitrogens with zero attached hydrogens (tertiary/aromatic N) is 5. The summed E-state index contributed by atoms with van der Waals surface area (Å²) in [6.07, 6.45) is 6.60. The second-order valence-electron chi connectivity index (χ2n) is 9.91. The van der Waals surface area contributed by atoms with Crippen molar-refractivity contribution in [3.63, 3.8) is 0 Å². The molecule has 1 N–H and O–H groups in total. The first-order chi connectivity index (χ1) is 16.4. The number of nitrogens with one attached hydrogen (secondary N) is 1. The molecule has 1 atom stereocenters. The number of anilines is 1. The zero-order chi connectivity index (χ0) is 23.7. The normalized spacial score (nSPS) is 15.4. The van der Waals surface area contributed by atoms with Crippen LogP contribution in [0.25, 0.3) is 22.4 Å². The van der Waals surface area contributed by atoms with Crippen LogP contribution in [0.15, 0.2) is 47.5 Å². The Kier molecular flexibility index (Phi) is 5.94. The molecule has 9 heteroatoms. The van der Waals surface area contributed by atoms with Crippen LogP contribution in [0.5, 0.6) is 0 Å². The van der Waals surface area contributed by atoms with Crippen LogP contribution in [0, 0.1) is 11.3 Å². The Labute approximate surface area is 199 Å². The van der Waals surface area contributed by atoms with Gasteiger partial charge in [-0.25, -0.2) is 9.67 Å². The molecule has 5 rings (SSSR count). The molecule has 0 amide bonds. The molecule has 3 aromatic heterocycles. The summed E-state index contributed by atoms with van der Waals surface area (Å²) in [6.45, 7) is 8.16. The molecular weight excluding hydrogens is 444 g/mol. The van der Waals surface area contributed by atoms with Crippen LogP contribution in [0.2, 0.25) is 25.7 Å². The summed E-state index contributed by atoms with van der Waals surface area (Å²) in [6, 6.07) is 11.6. The minimum absolute atomic E-state index is 0.105. The van der Waals surface area contributed by atoms with E-state index < -0.39 is 8.07 Å². The summed E-state index contributed by atoms with van der Waals surface area (Å²) < 4.78 is 13.4. The maximum atomic E-state index is 9.15. The van der Waals surface area contributed by atoms with Crippen LogP contribution in [0.1, 0.15) is 29.3 Å². The molecule has 3 heterocycles. The zero-order valence-corrected chi connectivity index (χ0v) is 20.7. The molecule has 0 aliphatic heterocycles. The fourth-order valence-corrected chi connectivity index (χ4v) is 5.04. The van der Waals surface area contributed by atoms with Gasteiger partial charge in [0.2, 0.25) is 0 Å². The van der Waals surface area contributed by atoms with Crippen LogP contribution < -0.4 is 5.32 Å². The van der Waals surface area contributed by atoms with Crippen molar-refractivity contribution >= 4 is 24.7 Å². The molecular formula is C25H28N6O2Si. The van der Waals surface area contributed by atoms with Crippen molar-refractivity contribution in [1.29, 1.82) is 5.26 Å². The summed E-state index contributed by atoms with van der Waals surface area (Å²) in [7, 11) is -1.15. The van der Waals surface area contributed by atoms with Crippen LogP contribution in [-0.4, -0.2) is 34.4 Å². The molecule has 0 saturated carbocycles. The van der Waals surface area contributed by atoms with E-state index in [1.807, 2.05) is 10.7 Å². The molecule has 0 saturated heterocycles. The molecule has 4 aromatic rings. The third kappa shape index (κ3) is 4.60. The molecule has 1 unspecified atom stereocenters. The zero-order valence-electron chi connectivity index (χ0n) is 19.7. The average Bonchev–Trinajstić information content (AvgIpc) is 3.55. The minimum Gasteiger partial charge on any atom is -0.442 e. The molecule has 0 bridgehead atoms. The Morgan fingerprint density at radius 2 is 2.15 bits per heavy atom. The molecule has 0 radical (unpaired) electrons. The number of ether oxygens (including phenoxy) is 1. The lowest BCUT2D eigenvalue weighted by Gasteiger charge is -2.16. The lowest BCUT2D eigenvalue weighted by Crippen LogP contribution is -2.22. The minimum atomic E-state index is -1.15. The molecule has 1 aliphatic rings. The number of aryl methyl sites for hydroxylation is 1. The summed E-state index contributed by atoms with van der Waals surface area (Å²) in [5, 5.41) is 18.5. The standard InChI is InChI=1S/C25H28N6O2Si/c1-34(2,3)9-8-32-16-31-22-7-5-19(11-20(22)25(30-31)23-14-27-15-33-23)29-21-6-4-18-10-17(12-26)13-28-24(18)21/h5,7,10-11,13-15,21,29H,4,6,8-9,16H2,1-3H3. The quantitative estimate of drug-likeness (QED) is 0.272. The largest absolute Gasteiger partial charge is 0.442 e. The Morgan fingerprint density at radius 3 is 2.91 bits per heavy atom. The van der Waals surface area contributed by atoms with Gasteiger partial charge in [0.25, 0.3) is 0 Å². The number of rotatable bonds is 8. The first kappa shape index (κ1) is 22.3. The average molecular weight is 473 g/mol. The number of oxazole rings is 1. The third-order valence-electron chi connectivity index (χ3n) is 6.13. The summed E-state index contributed by atoms with van der Waals surface area (Å²) in [5.41, 5.74) is 5.47. The summed E-state index contributed by atoms with van der Waals surface area (Å²) in [5.74, 6) is 0.625. The van der Waals surface area contributed by atoms with Gasteiger partial charge in [0.05, 0.1) is 29.0 Å². The van der Waals surface area contributed by atoms with E-state index in [1.54, 1.807) is 12.4 Å². The second kappa shape index (κ2) is 9.04. The maximum absolute atomic E-state index is 9.15. The number of fused-ring (bicyclic) bond motifs is 2. The number of nitriles is 1. The Hall–Kier alpha value is -3.48. The highest BCUT2D eigenvalue weighted by Crippen LogP contribution is 2.35. The fourth-order valence-electron chi connectivity index (χ4n) is 4.29. The predicted molar refractivity (Wildman–Crippen MR) is 133 cm³/mol. The van der Waals surface area contributed by atoms with Crippen molar-refractivity contribution in [2.75, 3.05) is 11.9 Å². The SMILES string of the molecule is C[Si](C)(C)CCOCn1nc(-c2cnco2)c2cc(NC3CCc4cc(C#N)cnc43)ccc21. The topological polar surface area (TPSA) is 102 Å². The summed E-state index contributed by atoms with van der Waals surface area (Å²) >= 11 is 0. The Bertz CT molecular complexity index is 1350. The predicted octanol–water partition coefficient (Wildman–Crippen LogP) is 5.37. The molecule has 1 aliphatic carbocycles. The van der Waals surface area contributed by atoms with E-state index in [0.29, 0.717) is 18.1 Å². The van der Waals surface area contributed by atoms with E-state index in [-0.39, 0.29) is 6.04 Å². The van der Waals surface area contributed by atoms with Gasteiger partial charge in [-0.15, -0.1) is 0 Å². The van der Waals surface area contributed by atoms with Crippen LogP contribution in [0.4, 0.5) is 5.69 Å². The number of hydrogen-bond donors (Lipinski definition) is 1. The van der Waals surface area contributed by atoms with Gasteiger partial charge >= 0.3 is 0 Å². The number of hydrogen-bond acceptors (Lipinski definition) is 7. The van der Waals surface area contributed by atoms with Gasteiger partial charge in [-0.05, 0) is 48.7 Å². The van der Waals surface area contributed by atoms with Crippen LogP contribution in [0.3, 0.4) is 0 Å². The van der Waals surface area contributed by atoms with Crippen molar-refractivity contribution in [2.45, 2.75) is 51.3 Å². The van der Waals surface area contributed by atoms with Crippen molar-refractivity contribution in [3.8, 4) is 17.5 Å². The van der Waals surface area contributed by atoms with Gasteiger partial charge < -0.3 is 14.5 Å². The Balaban J connectivity index is 1.41. The van der Waals surface area contributed by atoms with E-state index in [2.05, 4.69) is 59.2 Å². The van der Waals surface area contributed by atoms with E-state index in [4.69, 9.17) is 19.5 Å². The summed E-state index contributed by atoms with van der Waals surface area (Å²) in [4.78, 5) is 8.63. The Morgan fingerprint density at radius 1 is 1.26 bits per heavy atom. The van der Waals surface area contributed by atoms with Gasteiger partial charge in [0, 0.05) is 32.0 Å². The molecule has 34 heavy (non-hydrogen) atoms. The van der Waals surface area contributed by atoms with E-state index in [0.717, 1.165) is 59.0 Å². The highest BCUT2D eigenvalue weighted by atomic mass is 28.3. The van der Waals surface area contributed by atoms with Gasteiger partial charge in [-0.2, -0.15) is 10.4 Å². The fraction of sp³-hybridized carbons (Fsp3) is 0.360. The number of benzene rings is 1. The van der Waals surface area contributed by atoms with Crippen LogP contribution >= 0.6 is 0 Å². The van der Waals surface area contributed by atoms with Gasteiger partial charge in [0.15, 0.2) is 12.2 Å². The number of pyridine rings is 1. The molecule has 8 nitrogen and oxygen atoms in total. The van der Waals surface area contributed by atoms with Crippen molar-refractivity contribution in [1.82, 2.24) is 19.7 Å². The maximum Gasteiger partial charge on any atom is 0.181 e. The smallest absolute Gasteiger partial charge is 0.181 e. The molecule has 0 fully saturated rings. The first-order valence-corrected chi connectivity index (χ1v) is 15.2. The molecule has 174 valence electrons. The molecule has 1 aromatic carbocycles. The van der Waals surface area contributed by atoms with Gasteiger partial charge in [0.1, 0.15) is 18.5 Å².